The van der Waals surface area contributed by atoms with Gasteiger partial charge in [-0.15, -0.1) is 0 Å². The van der Waals surface area contributed by atoms with Crippen LogP contribution in [0.4, 0.5) is 5.69 Å². The largest absolute Gasteiger partial charge is 0.497 e. The molecular formula is C19H22N4O4. The first kappa shape index (κ1) is 18.6. The van der Waals surface area contributed by atoms with E-state index in [2.05, 4.69) is 9.97 Å². The number of aromatic amines is 1. The van der Waals surface area contributed by atoms with Gasteiger partial charge in [0, 0.05) is 30.5 Å². The van der Waals surface area contributed by atoms with Crippen molar-refractivity contribution in [1.82, 2.24) is 14.9 Å². The maximum Gasteiger partial charge on any atom is 0.254 e. The lowest BCUT2D eigenvalue weighted by Gasteiger charge is -2.39. The first-order chi connectivity index (χ1) is 12.9. The lowest BCUT2D eigenvalue weighted by Crippen LogP contribution is -2.58. The molecular weight excluding hydrogens is 348 g/mol. The Bertz CT molecular complexity index is 907. The molecule has 1 aromatic carbocycles. The van der Waals surface area contributed by atoms with Crippen molar-refractivity contribution < 1.29 is 14.3 Å². The molecule has 1 saturated heterocycles. The number of ether oxygens (including phenoxy) is 1. The number of amides is 2. The van der Waals surface area contributed by atoms with Gasteiger partial charge in [-0.2, -0.15) is 0 Å². The molecule has 0 bridgehead atoms. The van der Waals surface area contributed by atoms with Gasteiger partial charge in [0.25, 0.3) is 5.56 Å². The number of hydrogen-bond donors (Lipinski definition) is 1. The zero-order valence-corrected chi connectivity index (χ0v) is 15.6. The number of anilines is 1. The Morgan fingerprint density at radius 1 is 1.26 bits per heavy atom. The minimum absolute atomic E-state index is 0.0806. The summed E-state index contributed by atoms with van der Waals surface area (Å²) < 4.78 is 5.14. The molecule has 8 heteroatoms. The molecule has 0 radical (unpaired) electrons. The molecule has 2 amide bonds. The standard InChI is InChI=1S/C19H22N4O4/c1-12-19(26)23(15-4-6-16(27-3)7-5-15)9-8-22(12)17(24)10-14-11-20-13(2)21-18(14)25/h4-7,11-12H,8-10H2,1-3H3,(H,20,21,25)/t12-/m1/s1. The third-order valence-electron chi connectivity index (χ3n) is 4.70. The van der Waals surface area contributed by atoms with Crippen molar-refractivity contribution in [2.45, 2.75) is 26.3 Å². The molecule has 1 atom stereocenters. The zero-order chi connectivity index (χ0) is 19.6. The Morgan fingerprint density at radius 3 is 2.59 bits per heavy atom. The van der Waals surface area contributed by atoms with Crippen molar-refractivity contribution in [2.75, 3.05) is 25.1 Å². The van der Waals surface area contributed by atoms with Crippen molar-refractivity contribution in [3.63, 3.8) is 0 Å². The first-order valence-electron chi connectivity index (χ1n) is 8.70. The molecule has 1 N–H and O–H groups in total. The third kappa shape index (κ3) is 3.84. The van der Waals surface area contributed by atoms with Crippen molar-refractivity contribution in [3.8, 4) is 5.75 Å². The smallest absolute Gasteiger partial charge is 0.254 e. The van der Waals surface area contributed by atoms with E-state index in [-0.39, 0.29) is 23.8 Å². The van der Waals surface area contributed by atoms with E-state index < -0.39 is 6.04 Å². The highest BCUT2D eigenvalue weighted by Gasteiger charge is 2.35. The summed E-state index contributed by atoms with van der Waals surface area (Å²) in [5.74, 6) is 0.787. The molecule has 0 unspecified atom stereocenters. The molecule has 8 nitrogen and oxygen atoms in total. The van der Waals surface area contributed by atoms with E-state index in [9.17, 15) is 14.4 Å². The topological polar surface area (TPSA) is 95.6 Å². The maximum absolute atomic E-state index is 12.8. The summed E-state index contributed by atoms with van der Waals surface area (Å²) in [6, 6.07) is 6.62. The van der Waals surface area contributed by atoms with E-state index in [1.807, 2.05) is 12.1 Å². The molecule has 142 valence electrons. The minimum atomic E-state index is -0.606. The van der Waals surface area contributed by atoms with Crippen LogP contribution in [0.5, 0.6) is 5.75 Å². The highest BCUT2D eigenvalue weighted by Crippen LogP contribution is 2.23. The van der Waals surface area contributed by atoms with E-state index >= 15 is 0 Å². The number of methoxy groups -OCH3 is 1. The van der Waals surface area contributed by atoms with Gasteiger partial charge in [-0.05, 0) is 38.1 Å². The number of carbonyl (C=O) groups is 2. The van der Waals surface area contributed by atoms with Crippen LogP contribution in [0.2, 0.25) is 0 Å². The minimum Gasteiger partial charge on any atom is -0.497 e. The number of H-pyrrole nitrogens is 1. The summed E-state index contributed by atoms with van der Waals surface area (Å²) in [6.07, 6.45) is 1.33. The zero-order valence-electron chi connectivity index (χ0n) is 15.6. The van der Waals surface area contributed by atoms with Crippen molar-refractivity contribution in [3.05, 3.63) is 52.2 Å². The number of aromatic nitrogens is 2. The van der Waals surface area contributed by atoms with E-state index in [1.165, 1.54) is 11.1 Å². The van der Waals surface area contributed by atoms with Gasteiger partial charge in [0.2, 0.25) is 11.8 Å². The van der Waals surface area contributed by atoms with Gasteiger partial charge < -0.3 is 19.5 Å². The summed E-state index contributed by atoms with van der Waals surface area (Å²) >= 11 is 0. The van der Waals surface area contributed by atoms with Gasteiger partial charge >= 0.3 is 0 Å². The number of nitrogens with zero attached hydrogens (tertiary/aromatic N) is 3. The predicted octanol–water partition coefficient (Wildman–Crippen LogP) is 0.893. The lowest BCUT2D eigenvalue weighted by molar-refractivity contribution is -0.140. The van der Waals surface area contributed by atoms with Crippen LogP contribution >= 0.6 is 0 Å². The Kier molecular flexibility index (Phi) is 5.25. The summed E-state index contributed by atoms with van der Waals surface area (Å²) in [5, 5.41) is 0. The summed E-state index contributed by atoms with van der Waals surface area (Å²) in [5.41, 5.74) is 0.730. The van der Waals surface area contributed by atoms with Crippen LogP contribution in [0.1, 0.15) is 18.3 Å². The maximum atomic E-state index is 12.8. The second kappa shape index (κ2) is 7.61. The number of nitrogens with one attached hydrogen (secondary N) is 1. The second-order valence-electron chi connectivity index (χ2n) is 6.45. The molecule has 1 aliphatic rings. The average Bonchev–Trinajstić information content (AvgIpc) is 2.66. The van der Waals surface area contributed by atoms with E-state index in [4.69, 9.17) is 4.74 Å². The highest BCUT2D eigenvalue weighted by molar-refractivity contribution is 6.00. The molecule has 1 aromatic heterocycles. The molecule has 3 rings (SSSR count). The monoisotopic (exact) mass is 370 g/mol. The summed E-state index contributed by atoms with van der Waals surface area (Å²) in [4.78, 5) is 47.2. The average molecular weight is 370 g/mol. The van der Waals surface area contributed by atoms with Gasteiger partial charge in [-0.25, -0.2) is 4.98 Å². The predicted molar refractivity (Wildman–Crippen MR) is 99.8 cm³/mol. The molecule has 1 fully saturated rings. The summed E-state index contributed by atoms with van der Waals surface area (Å²) in [6.45, 7) is 4.17. The number of hydrogen-bond acceptors (Lipinski definition) is 5. The number of benzene rings is 1. The van der Waals surface area contributed by atoms with Crippen LogP contribution in [0.3, 0.4) is 0 Å². The fraction of sp³-hybridized carbons (Fsp3) is 0.368. The number of rotatable bonds is 4. The van der Waals surface area contributed by atoms with Gasteiger partial charge in [0.05, 0.1) is 13.5 Å². The Labute approximate surface area is 156 Å². The molecule has 27 heavy (non-hydrogen) atoms. The van der Waals surface area contributed by atoms with E-state index in [0.717, 1.165) is 5.69 Å². The van der Waals surface area contributed by atoms with Crippen molar-refractivity contribution >= 4 is 17.5 Å². The van der Waals surface area contributed by atoms with Crippen LogP contribution in [0.25, 0.3) is 0 Å². The van der Waals surface area contributed by atoms with E-state index in [0.29, 0.717) is 30.2 Å². The first-order valence-corrected chi connectivity index (χ1v) is 8.70. The molecule has 0 spiro atoms. The number of aryl methyl sites for hydroxylation is 1. The molecule has 0 saturated carbocycles. The van der Waals surface area contributed by atoms with E-state index in [1.54, 1.807) is 38.0 Å². The van der Waals surface area contributed by atoms with Crippen LogP contribution in [-0.2, 0) is 16.0 Å². The third-order valence-corrected chi connectivity index (χ3v) is 4.70. The molecule has 2 heterocycles. The van der Waals surface area contributed by atoms with Gasteiger partial charge in [-0.1, -0.05) is 0 Å². The van der Waals surface area contributed by atoms with Crippen LogP contribution < -0.4 is 15.2 Å². The highest BCUT2D eigenvalue weighted by atomic mass is 16.5. The molecule has 1 aliphatic heterocycles. The SMILES string of the molecule is COc1ccc(N2CCN(C(=O)Cc3cnc(C)[nH]c3=O)[C@H](C)C2=O)cc1. The van der Waals surface area contributed by atoms with Crippen LogP contribution in [0, 0.1) is 6.92 Å². The van der Waals surface area contributed by atoms with Gasteiger partial charge in [0.15, 0.2) is 0 Å². The Morgan fingerprint density at radius 2 is 1.96 bits per heavy atom. The Balaban J connectivity index is 1.71. The Hall–Kier alpha value is -3.16. The van der Waals surface area contributed by atoms with Crippen molar-refractivity contribution in [1.29, 1.82) is 0 Å². The summed E-state index contributed by atoms with van der Waals surface area (Å²) in [7, 11) is 1.58. The molecule has 0 aliphatic carbocycles. The van der Waals surface area contributed by atoms with Crippen LogP contribution in [0.15, 0.2) is 35.3 Å². The fourth-order valence-corrected chi connectivity index (χ4v) is 3.13. The molecule has 2 aromatic rings. The number of piperazine rings is 1. The van der Waals surface area contributed by atoms with Crippen molar-refractivity contribution in [2.24, 2.45) is 0 Å². The fourth-order valence-electron chi connectivity index (χ4n) is 3.13. The number of carbonyl (C=O) groups excluding carboxylic acids is 2. The van der Waals surface area contributed by atoms with Gasteiger partial charge in [-0.3, -0.25) is 14.4 Å². The second-order valence-corrected chi connectivity index (χ2v) is 6.45. The quantitative estimate of drug-likeness (QED) is 0.862. The van der Waals surface area contributed by atoms with Crippen LogP contribution in [-0.4, -0.2) is 52.9 Å². The lowest BCUT2D eigenvalue weighted by atomic mass is 10.1. The van der Waals surface area contributed by atoms with Gasteiger partial charge in [0.1, 0.15) is 17.6 Å². The normalized spacial score (nSPS) is 17.1.